The van der Waals surface area contributed by atoms with Gasteiger partial charge in [-0.05, 0) is 86.4 Å². The molecule has 0 spiro atoms. The van der Waals surface area contributed by atoms with Crippen LogP contribution in [0.2, 0.25) is 0 Å². The number of rotatable bonds is 10. The van der Waals surface area contributed by atoms with Crippen molar-refractivity contribution in [2.45, 2.75) is 33.2 Å². The molecule has 0 N–H and O–H groups in total. The molecule has 4 rings (SSSR count). The lowest BCUT2D eigenvalue weighted by atomic mass is 10.1. The number of amides is 1. The van der Waals surface area contributed by atoms with E-state index in [4.69, 9.17) is 9.72 Å². The number of hydrogen-bond acceptors (Lipinski definition) is 6. The normalized spacial score (nSPS) is 12.1. The topological polar surface area (TPSA) is 108 Å². The van der Waals surface area contributed by atoms with Crippen molar-refractivity contribution in [3.63, 3.8) is 0 Å². The molecule has 1 amide bonds. The van der Waals surface area contributed by atoms with E-state index < -0.39 is 11.0 Å². The fourth-order valence-corrected chi connectivity index (χ4v) is 4.53. The van der Waals surface area contributed by atoms with Crippen molar-refractivity contribution in [1.82, 2.24) is 14.5 Å². The minimum Gasteiger partial charge on any atom is -0.385 e. The van der Waals surface area contributed by atoms with Crippen LogP contribution in [0.25, 0.3) is 22.7 Å². The smallest absolute Gasteiger partial charge is 0.269 e. The van der Waals surface area contributed by atoms with Gasteiger partial charge in [0.25, 0.3) is 11.2 Å². The highest BCUT2D eigenvalue weighted by molar-refractivity contribution is 5.92. The van der Waals surface area contributed by atoms with E-state index in [9.17, 15) is 19.7 Å². The summed E-state index contributed by atoms with van der Waals surface area (Å²) >= 11 is 0. The first-order valence-electron chi connectivity index (χ1n) is 13.0. The van der Waals surface area contributed by atoms with E-state index in [1.807, 2.05) is 51.1 Å². The Bertz CT molecular complexity index is 1630. The molecule has 40 heavy (non-hydrogen) atoms. The summed E-state index contributed by atoms with van der Waals surface area (Å²) in [5, 5.41) is 11.5. The number of aryl methyl sites for hydroxylation is 2. The summed E-state index contributed by atoms with van der Waals surface area (Å²) in [5.41, 5.74) is 3.80. The molecule has 9 heteroatoms. The van der Waals surface area contributed by atoms with Gasteiger partial charge in [-0.2, -0.15) is 0 Å². The Hall–Kier alpha value is -4.63. The third kappa shape index (κ3) is 6.16. The molecule has 1 atom stereocenters. The summed E-state index contributed by atoms with van der Waals surface area (Å²) < 4.78 is 6.82. The number of fused-ring (bicyclic) bond motifs is 1. The summed E-state index contributed by atoms with van der Waals surface area (Å²) in [6.07, 6.45) is 3.63. The number of aromatic nitrogens is 2. The minimum atomic E-state index is -0.565. The average molecular weight is 541 g/mol. The summed E-state index contributed by atoms with van der Waals surface area (Å²) in [5.74, 6) is 0.164. The number of benzene rings is 3. The first kappa shape index (κ1) is 28.4. The lowest BCUT2D eigenvalue weighted by Gasteiger charge is -2.30. The Kier molecular flexibility index (Phi) is 8.86. The van der Waals surface area contributed by atoms with Crippen LogP contribution in [0, 0.1) is 24.0 Å². The van der Waals surface area contributed by atoms with E-state index in [-0.39, 0.29) is 17.2 Å². The van der Waals surface area contributed by atoms with Crippen LogP contribution in [0.3, 0.4) is 0 Å². The third-order valence-corrected chi connectivity index (χ3v) is 6.94. The molecule has 0 aliphatic carbocycles. The molecule has 1 unspecified atom stereocenters. The maximum atomic E-state index is 13.8. The van der Waals surface area contributed by atoms with Crippen molar-refractivity contribution in [2.75, 3.05) is 20.3 Å². The molecule has 0 aliphatic rings. The van der Waals surface area contributed by atoms with Crippen molar-refractivity contribution < 1.29 is 14.5 Å². The SMILES string of the molecule is COCCCN(C(=O)/C=C/c1ccc([N+](=O)[O-])cc1)C(C)c1nc2ccccc2c(=O)n1-c1ccc(C)c(C)c1. The van der Waals surface area contributed by atoms with Crippen LogP contribution >= 0.6 is 0 Å². The molecule has 0 saturated carbocycles. The Morgan fingerprint density at radius 1 is 1.10 bits per heavy atom. The third-order valence-electron chi connectivity index (χ3n) is 6.94. The molecule has 3 aromatic carbocycles. The van der Waals surface area contributed by atoms with Crippen molar-refractivity contribution in [3.05, 3.63) is 116 Å². The van der Waals surface area contributed by atoms with Crippen LogP contribution in [0.5, 0.6) is 0 Å². The van der Waals surface area contributed by atoms with Crippen molar-refractivity contribution in [3.8, 4) is 5.69 Å². The van der Waals surface area contributed by atoms with Gasteiger partial charge in [0.15, 0.2) is 0 Å². The number of carbonyl (C=O) groups is 1. The van der Waals surface area contributed by atoms with Crippen molar-refractivity contribution in [2.24, 2.45) is 0 Å². The Morgan fingerprint density at radius 3 is 2.50 bits per heavy atom. The standard InChI is InChI=1S/C31H32N4O5/c1-21-10-14-26(20-22(21)2)34-30(32-28-9-6-5-8-27(28)31(34)37)23(3)33(18-7-19-40-4)29(36)17-13-24-11-15-25(16-12-24)35(38)39/h5-6,8-17,20,23H,7,18-19H2,1-4H3/b17-13+. The van der Waals surface area contributed by atoms with Crippen LogP contribution < -0.4 is 5.56 Å². The first-order valence-corrected chi connectivity index (χ1v) is 13.0. The number of carbonyl (C=O) groups excluding carboxylic acids is 1. The average Bonchev–Trinajstić information content (AvgIpc) is 2.95. The van der Waals surface area contributed by atoms with Gasteiger partial charge in [0, 0.05) is 38.5 Å². The largest absolute Gasteiger partial charge is 0.385 e. The minimum absolute atomic E-state index is 0.0232. The molecule has 0 aliphatic heterocycles. The number of nitro groups is 1. The Morgan fingerprint density at radius 2 is 1.82 bits per heavy atom. The number of nitrogens with zero attached hydrogens (tertiary/aromatic N) is 4. The molecule has 9 nitrogen and oxygen atoms in total. The van der Waals surface area contributed by atoms with E-state index in [2.05, 4.69) is 0 Å². The van der Waals surface area contributed by atoms with Gasteiger partial charge in [-0.1, -0.05) is 18.2 Å². The zero-order valence-electron chi connectivity index (χ0n) is 23.0. The molecule has 0 bridgehead atoms. The second-order valence-electron chi connectivity index (χ2n) is 9.63. The predicted octanol–water partition coefficient (Wildman–Crippen LogP) is 5.55. The molecule has 4 aromatic rings. The Balaban J connectivity index is 1.78. The highest BCUT2D eigenvalue weighted by atomic mass is 16.6. The van der Waals surface area contributed by atoms with Crippen LogP contribution in [0.1, 0.15) is 41.9 Å². The number of para-hydroxylation sites is 1. The second-order valence-corrected chi connectivity index (χ2v) is 9.63. The van der Waals surface area contributed by atoms with Crippen LogP contribution in [0.4, 0.5) is 5.69 Å². The van der Waals surface area contributed by atoms with Crippen molar-refractivity contribution in [1.29, 1.82) is 0 Å². The summed E-state index contributed by atoms with van der Waals surface area (Å²) in [6.45, 7) is 6.69. The summed E-state index contributed by atoms with van der Waals surface area (Å²) in [4.78, 5) is 44.4. The molecular weight excluding hydrogens is 508 g/mol. The number of nitro benzene ring substituents is 1. The van der Waals surface area contributed by atoms with Gasteiger partial charge in [-0.15, -0.1) is 0 Å². The van der Waals surface area contributed by atoms with Gasteiger partial charge in [0.2, 0.25) is 5.91 Å². The highest BCUT2D eigenvalue weighted by Gasteiger charge is 2.26. The van der Waals surface area contributed by atoms with Crippen molar-refractivity contribution >= 4 is 28.6 Å². The van der Waals surface area contributed by atoms with Gasteiger partial charge in [0.1, 0.15) is 5.82 Å². The summed E-state index contributed by atoms with van der Waals surface area (Å²) in [6, 6.07) is 18.4. The maximum Gasteiger partial charge on any atom is 0.269 e. The Labute approximate surface area is 232 Å². The molecule has 0 fully saturated rings. The van der Waals surface area contributed by atoms with Crippen LogP contribution in [-0.4, -0.2) is 45.5 Å². The fourth-order valence-electron chi connectivity index (χ4n) is 4.53. The van der Waals surface area contributed by atoms with E-state index in [1.165, 1.54) is 18.2 Å². The molecule has 1 heterocycles. The zero-order valence-corrected chi connectivity index (χ0v) is 23.0. The molecule has 1 aromatic heterocycles. The van der Waals surface area contributed by atoms with E-state index in [0.29, 0.717) is 47.6 Å². The van der Waals surface area contributed by atoms with Gasteiger partial charge >= 0.3 is 0 Å². The fraction of sp³-hybridized carbons (Fsp3) is 0.258. The van der Waals surface area contributed by atoms with Gasteiger partial charge < -0.3 is 9.64 Å². The highest BCUT2D eigenvalue weighted by Crippen LogP contribution is 2.25. The number of hydrogen-bond donors (Lipinski definition) is 0. The quantitative estimate of drug-likeness (QED) is 0.113. The van der Waals surface area contributed by atoms with Crippen LogP contribution in [0.15, 0.2) is 77.6 Å². The lowest BCUT2D eigenvalue weighted by Crippen LogP contribution is -2.37. The maximum absolute atomic E-state index is 13.8. The van der Waals surface area contributed by atoms with Gasteiger partial charge in [0.05, 0.1) is 27.6 Å². The van der Waals surface area contributed by atoms with E-state index in [1.54, 1.807) is 46.9 Å². The van der Waals surface area contributed by atoms with E-state index >= 15 is 0 Å². The first-order chi connectivity index (χ1) is 19.2. The van der Waals surface area contributed by atoms with Crippen LogP contribution in [-0.2, 0) is 9.53 Å². The van der Waals surface area contributed by atoms with Gasteiger partial charge in [-0.3, -0.25) is 24.3 Å². The van der Waals surface area contributed by atoms with Gasteiger partial charge in [-0.25, -0.2) is 4.98 Å². The number of ether oxygens (including phenoxy) is 1. The molecule has 0 saturated heterocycles. The second kappa shape index (κ2) is 12.5. The lowest BCUT2D eigenvalue weighted by molar-refractivity contribution is -0.384. The zero-order chi connectivity index (χ0) is 28.8. The molecule has 206 valence electrons. The molecule has 0 radical (unpaired) electrons. The summed E-state index contributed by atoms with van der Waals surface area (Å²) in [7, 11) is 1.60. The number of methoxy groups -OCH3 is 1. The molecular formula is C31H32N4O5. The predicted molar refractivity (Wildman–Crippen MR) is 156 cm³/mol. The monoisotopic (exact) mass is 540 g/mol. The van der Waals surface area contributed by atoms with E-state index in [0.717, 1.165) is 11.1 Å². The number of non-ortho nitro benzene ring substituents is 1.